The van der Waals surface area contributed by atoms with Crippen LogP contribution in [0.3, 0.4) is 0 Å². The third-order valence-corrected chi connectivity index (χ3v) is 5.45. The molecule has 2 aliphatic rings. The van der Waals surface area contributed by atoms with E-state index >= 15 is 0 Å². The van der Waals surface area contributed by atoms with E-state index in [0.29, 0.717) is 0 Å². The first-order valence-electron chi connectivity index (χ1n) is 8.62. The lowest BCUT2D eigenvalue weighted by Crippen LogP contribution is -2.28. The van der Waals surface area contributed by atoms with Crippen LogP contribution in [0.15, 0.2) is 0 Å². The predicted octanol–water partition coefficient (Wildman–Crippen LogP) is 3.97. The van der Waals surface area contributed by atoms with Gasteiger partial charge in [-0.1, -0.05) is 13.6 Å². The van der Waals surface area contributed by atoms with E-state index in [4.69, 9.17) is 9.31 Å². The second-order valence-corrected chi connectivity index (χ2v) is 6.70. The molecule has 0 aromatic rings. The molecule has 0 aromatic carbocycles. The van der Waals surface area contributed by atoms with E-state index in [-0.39, 0.29) is 0 Å². The van der Waals surface area contributed by atoms with Crippen molar-refractivity contribution in [1.82, 2.24) is 0 Å². The lowest BCUT2D eigenvalue weighted by Gasteiger charge is -2.37. The van der Waals surface area contributed by atoms with Gasteiger partial charge in [-0.3, -0.25) is 0 Å². The van der Waals surface area contributed by atoms with Gasteiger partial charge in [-0.15, -0.1) is 0 Å². The van der Waals surface area contributed by atoms with E-state index in [2.05, 4.69) is 0 Å². The van der Waals surface area contributed by atoms with Gasteiger partial charge < -0.3 is 9.31 Å². The molecule has 0 saturated heterocycles. The van der Waals surface area contributed by atoms with Crippen LogP contribution in [0.4, 0.5) is 0 Å². The second kappa shape index (κ2) is 9.15. The van der Waals surface area contributed by atoms with Crippen molar-refractivity contribution >= 4 is 15.0 Å². The van der Waals surface area contributed by atoms with Crippen molar-refractivity contribution in [2.24, 2.45) is 23.7 Å². The summed E-state index contributed by atoms with van der Waals surface area (Å²) < 4.78 is 10.9. The monoisotopic (exact) mass is 276 g/mol. The van der Waals surface area contributed by atoms with Gasteiger partial charge in [0.25, 0.3) is 15.0 Å². The van der Waals surface area contributed by atoms with E-state index in [9.17, 15) is 0 Å². The minimum Gasteiger partial charge on any atom is -0.441 e. The van der Waals surface area contributed by atoms with Crippen molar-refractivity contribution in [2.45, 2.75) is 65.0 Å². The third kappa shape index (κ3) is 5.11. The Balaban J connectivity index is 1.63. The van der Waals surface area contributed by atoms with Crippen molar-refractivity contribution in [3.05, 3.63) is 0 Å². The zero-order chi connectivity index (χ0) is 14.2. The van der Waals surface area contributed by atoms with Crippen LogP contribution < -0.4 is 0 Å². The van der Waals surface area contributed by atoms with Crippen molar-refractivity contribution < 1.29 is 9.31 Å². The maximum Gasteiger partial charge on any atom is 0.289 e. The Kier molecular flexibility index (Phi) is 7.51. The molecular weight excluding hydrogens is 246 g/mol. The maximum atomic E-state index is 5.46. The topological polar surface area (TPSA) is 18.5 Å². The quantitative estimate of drug-likeness (QED) is 0.655. The fourth-order valence-corrected chi connectivity index (χ4v) is 4.12. The molecule has 0 unspecified atom stereocenters. The summed E-state index contributed by atoms with van der Waals surface area (Å²) in [5.41, 5.74) is 0. The average Bonchev–Trinajstić information content (AvgIpc) is 2.52. The van der Waals surface area contributed by atoms with Crippen LogP contribution in [0.1, 0.15) is 51.4 Å². The van der Waals surface area contributed by atoms with E-state index in [1.54, 1.807) is 0 Å². The van der Waals surface area contributed by atoms with Crippen LogP contribution in [0.2, 0.25) is 13.6 Å². The molecule has 112 valence electrons. The third-order valence-electron chi connectivity index (χ3n) is 5.45. The number of hydrogen-bond donors (Lipinski definition) is 0. The first-order valence-corrected chi connectivity index (χ1v) is 8.62. The summed E-state index contributed by atoms with van der Waals surface area (Å²) in [7, 11) is 3.67. The summed E-state index contributed by atoms with van der Waals surface area (Å²) in [6.07, 6.45) is 11.3. The molecule has 0 amide bonds. The van der Waals surface area contributed by atoms with Crippen LogP contribution >= 0.6 is 0 Å². The van der Waals surface area contributed by atoms with Crippen LogP contribution in [-0.2, 0) is 9.31 Å². The van der Waals surface area contributed by atoms with Gasteiger partial charge in [0.2, 0.25) is 0 Å². The summed E-state index contributed by atoms with van der Waals surface area (Å²) in [6.45, 7) is 5.84. The molecule has 0 N–H and O–H groups in total. The highest BCUT2D eigenvalue weighted by atomic mass is 16.4. The Morgan fingerprint density at radius 2 is 1.00 bits per heavy atom. The van der Waals surface area contributed by atoms with Gasteiger partial charge in [-0.05, 0) is 75.0 Å². The minimum atomic E-state index is 0.812. The molecule has 2 nitrogen and oxygen atoms in total. The van der Waals surface area contributed by atoms with Gasteiger partial charge in [-0.2, -0.15) is 0 Å². The lowest BCUT2D eigenvalue weighted by molar-refractivity contribution is 0.112. The van der Waals surface area contributed by atoms with E-state index in [1.165, 1.54) is 51.4 Å². The summed E-state index contributed by atoms with van der Waals surface area (Å²) in [5.74, 6) is 3.62. The molecule has 0 atom stereocenters. The molecule has 0 heterocycles. The van der Waals surface area contributed by atoms with Crippen molar-refractivity contribution in [1.29, 1.82) is 0 Å². The lowest BCUT2D eigenvalue weighted by atomic mass is 9.69. The molecule has 4 heteroatoms. The van der Waals surface area contributed by atoms with Gasteiger partial charge in [0, 0.05) is 13.2 Å². The van der Waals surface area contributed by atoms with Gasteiger partial charge >= 0.3 is 0 Å². The van der Waals surface area contributed by atoms with Gasteiger partial charge in [0.1, 0.15) is 0 Å². The zero-order valence-corrected chi connectivity index (χ0v) is 13.4. The summed E-state index contributed by atoms with van der Waals surface area (Å²) in [6, 6.07) is 0. The molecule has 0 aliphatic heterocycles. The van der Waals surface area contributed by atoms with E-state index < -0.39 is 0 Å². The fraction of sp³-hybridized carbons (Fsp3) is 1.00. The molecular formula is C16H30B2O2. The maximum absolute atomic E-state index is 5.46. The van der Waals surface area contributed by atoms with Gasteiger partial charge in [0.15, 0.2) is 0 Å². The Hall–Kier alpha value is 0.0499. The Labute approximate surface area is 126 Å². The molecule has 2 radical (unpaired) electrons. The zero-order valence-electron chi connectivity index (χ0n) is 13.4. The van der Waals surface area contributed by atoms with E-state index in [0.717, 1.165) is 36.9 Å². The molecule has 2 saturated carbocycles. The second-order valence-electron chi connectivity index (χ2n) is 6.70. The Morgan fingerprint density at radius 3 is 1.30 bits per heavy atom. The van der Waals surface area contributed by atoms with Crippen LogP contribution in [0.25, 0.3) is 0 Å². The largest absolute Gasteiger partial charge is 0.441 e. The van der Waals surface area contributed by atoms with Gasteiger partial charge in [-0.25, -0.2) is 0 Å². The molecule has 2 fully saturated rings. The smallest absolute Gasteiger partial charge is 0.289 e. The average molecular weight is 276 g/mol. The molecule has 0 spiro atoms. The SMILES string of the molecule is C[B]OCC1CCC(C2CCC(CO[B]C)CC2)CC1. The number of rotatable bonds is 7. The summed E-state index contributed by atoms with van der Waals surface area (Å²) >= 11 is 0. The minimum absolute atomic E-state index is 0.812. The van der Waals surface area contributed by atoms with Crippen molar-refractivity contribution in [3.8, 4) is 0 Å². The first-order chi connectivity index (χ1) is 9.83. The van der Waals surface area contributed by atoms with E-state index in [1.807, 2.05) is 28.6 Å². The molecule has 0 bridgehead atoms. The van der Waals surface area contributed by atoms with Crippen LogP contribution in [0.5, 0.6) is 0 Å². The highest BCUT2D eigenvalue weighted by Gasteiger charge is 2.30. The Morgan fingerprint density at radius 1 is 0.650 bits per heavy atom. The summed E-state index contributed by atoms with van der Waals surface area (Å²) in [5, 5.41) is 0. The molecule has 0 aromatic heterocycles. The van der Waals surface area contributed by atoms with Gasteiger partial charge in [0.05, 0.1) is 0 Å². The molecule has 2 rings (SSSR count). The molecule has 2 aliphatic carbocycles. The van der Waals surface area contributed by atoms with Crippen LogP contribution in [0, 0.1) is 23.7 Å². The highest BCUT2D eigenvalue weighted by Crippen LogP contribution is 2.41. The highest BCUT2D eigenvalue weighted by molar-refractivity contribution is 6.24. The van der Waals surface area contributed by atoms with Crippen molar-refractivity contribution in [2.75, 3.05) is 13.2 Å². The van der Waals surface area contributed by atoms with Crippen LogP contribution in [-0.4, -0.2) is 28.2 Å². The summed E-state index contributed by atoms with van der Waals surface area (Å²) in [4.78, 5) is 0. The first kappa shape index (κ1) is 16.4. The fourth-order valence-electron chi connectivity index (χ4n) is 4.12. The van der Waals surface area contributed by atoms with Crippen molar-refractivity contribution in [3.63, 3.8) is 0 Å². The molecule has 20 heavy (non-hydrogen) atoms. The predicted molar refractivity (Wildman–Crippen MR) is 86.0 cm³/mol. The standard InChI is InChI=1S/C16H30B2O2/c1-17-19-11-13-3-7-15(8-4-13)16-9-5-14(6-10-16)12-20-18-2/h13-16H,3-12H2,1-2H3. The normalized spacial score (nSPS) is 34.7. The number of hydrogen-bond acceptors (Lipinski definition) is 2. The Bertz CT molecular complexity index is 221.